The highest BCUT2D eigenvalue weighted by molar-refractivity contribution is 5.70. The Bertz CT molecular complexity index is 277. The summed E-state index contributed by atoms with van der Waals surface area (Å²) in [6.45, 7) is 9.90. The highest BCUT2D eigenvalue weighted by Crippen LogP contribution is 2.32. The SMILES string of the molecule is CC(C)(C)CN1CC2(CCNCC2)OC1=O. The van der Waals surface area contributed by atoms with E-state index >= 15 is 0 Å². The van der Waals surface area contributed by atoms with Crippen molar-refractivity contribution in [1.29, 1.82) is 0 Å². The van der Waals surface area contributed by atoms with Crippen molar-refractivity contribution in [3.05, 3.63) is 0 Å². The van der Waals surface area contributed by atoms with Crippen molar-refractivity contribution in [2.45, 2.75) is 39.2 Å². The summed E-state index contributed by atoms with van der Waals surface area (Å²) in [7, 11) is 0. The molecule has 2 fully saturated rings. The van der Waals surface area contributed by atoms with Crippen LogP contribution < -0.4 is 5.32 Å². The molecule has 2 saturated heterocycles. The zero-order chi connectivity index (χ0) is 11.8. The zero-order valence-corrected chi connectivity index (χ0v) is 10.5. The Balaban J connectivity index is 2.00. The maximum atomic E-state index is 11.8. The van der Waals surface area contributed by atoms with Crippen molar-refractivity contribution in [2.24, 2.45) is 5.41 Å². The monoisotopic (exact) mass is 226 g/mol. The largest absolute Gasteiger partial charge is 0.441 e. The summed E-state index contributed by atoms with van der Waals surface area (Å²) >= 11 is 0. The van der Waals surface area contributed by atoms with Crippen LogP contribution in [0.2, 0.25) is 0 Å². The van der Waals surface area contributed by atoms with E-state index in [1.807, 2.05) is 4.90 Å². The molecule has 2 aliphatic rings. The smallest absolute Gasteiger partial charge is 0.410 e. The minimum Gasteiger partial charge on any atom is -0.441 e. The van der Waals surface area contributed by atoms with E-state index in [4.69, 9.17) is 4.74 Å². The number of hydrogen-bond donors (Lipinski definition) is 1. The predicted octanol–water partition coefficient (Wildman–Crippen LogP) is 1.61. The summed E-state index contributed by atoms with van der Waals surface area (Å²) in [5, 5.41) is 3.30. The van der Waals surface area contributed by atoms with Gasteiger partial charge in [0.2, 0.25) is 0 Å². The van der Waals surface area contributed by atoms with Gasteiger partial charge in [0.25, 0.3) is 0 Å². The van der Waals surface area contributed by atoms with E-state index in [-0.39, 0.29) is 17.1 Å². The number of carbonyl (C=O) groups excluding carboxylic acids is 1. The van der Waals surface area contributed by atoms with Crippen LogP contribution in [0.5, 0.6) is 0 Å². The molecule has 0 bridgehead atoms. The molecule has 1 N–H and O–H groups in total. The highest BCUT2D eigenvalue weighted by Gasteiger charge is 2.46. The van der Waals surface area contributed by atoms with Gasteiger partial charge in [-0.2, -0.15) is 0 Å². The van der Waals surface area contributed by atoms with Gasteiger partial charge in [-0.15, -0.1) is 0 Å². The van der Waals surface area contributed by atoms with Gasteiger partial charge in [0.05, 0.1) is 6.54 Å². The van der Waals surface area contributed by atoms with Crippen LogP contribution >= 0.6 is 0 Å². The van der Waals surface area contributed by atoms with Gasteiger partial charge < -0.3 is 15.0 Å². The molecule has 0 saturated carbocycles. The van der Waals surface area contributed by atoms with Gasteiger partial charge in [0, 0.05) is 19.4 Å². The number of ether oxygens (including phenoxy) is 1. The second-order valence-electron chi connectivity index (χ2n) is 6.22. The van der Waals surface area contributed by atoms with Gasteiger partial charge in [-0.25, -0.2) is 4.79 Å². The number of piperidine rings is 1. The molecule has 92 valence electrons. The number of hydrogen-bond acceptors (Lipinski definition) is 3. The van der Waals surface area contributed by atoms with Crippen molar-refractivity contribution < 1.29 is 9.53 Å². The van der Waals surface area contributed by atoms with E-state index < -0.39 is 0 Å². The van der Waals surface area contributed by atoms with Crippen LogP contribution in [0.3, 0.4) is 0 Å². The van der Waals surface area contributed by atoms with E-state index in [1.165, 1.54) is 0 Å². The Morgan fingerprint density at radius 3 is 2.56 bits per heavy atom. The topological polar surface area (TPSA) is 41.6 Å². The van der Waals surface area contributed by atoms with Crippen molar-refractivity contribution >= 4 is 6.09 Å². The minimum atomic E-state index is -0.201. The van der Waals surface area contributed by atoms with E-state index in [9.17, 15) is 4.79 Å². The normalized spacial score (nSPS) is 24.9. The lowest BCUT2D eigenvalue weighted by atomic mass is 9.91. The summed E-state index contributed by atoms with van der Waals surface area (Å²) in [6, 6.07) is 0. The Hall–Kier alpha value is -0.770. The Labute approximate surface area is 97.3 Å². The fraction of sp³-hybridized carbons (Fsp3) is 0.917. The summed E-state index contributed by atoms with van der Waals surface area (Å²) in [5.41, 5.74) is -0.0644. The summed E-state index contributed by atoms with van der Waals surface area (Å²) in [4.78, 5) is 13.7. The molecule has 2 heterocycles. The van der Waals surface area contributed by atoms with Gasteiger partial charge in [-0.05, 0) is 18.5 Å². The molecule has 2 rings (SSSR count). The molecule has 1 spiro atoms. The highest BCUT2D eigenvalue weighted by atomic mass is 16.6. The molecule has 16 heavy (non-hydrogen) atoms. The third-order valence-corrected chi connectivity index (χ3v) is 3.22. The number of rotatable bonds is 1. The molecule has 0 atom stereocenters. The number of nitrogens with zero attached hydrogens (tertiary/aromatic N) is 1. The summed E-state index contributed by atoms with van der Waals surface area (Å²) in [5.74, 6) is 0. The first-order valence-corrected chi connectivity index (χ1v) is 6.09. The summed E-state index contributed by atoms with van der Waals surface area (Å²) < 4.78 is 5.60. The van der Waals surface area contributed by atoms with Gasteiger partial charge in [0.1, 0.15) is 5.60 Å². The molecule has 2 aliphatic heterocycles. The maximum absolute atomic E-state index is 11.8. The molecule has 4 heteroatoms. The number of carbonyl (C=O) groups is 1. The van der Waals surface area contributed by atoms with E-state index in [2.05, 4.69) is 26.1 Å². The van der Waals surface area contributed by atoms with Gasteiger partial charge in [-0.1, -0.05) is 20.8 Å². The van der Waals surface area contributed by atoms with Gasteiger partial charge in [0.15, 0.2) is 0 Å². The van der Waals surface area contributed by atoms with Gasteiger partial charge >= 0.3 is 6.09 Å². The molecule has 1 amide bonds. The van der Waals surface area contributed by atoms with Crippen LogP contribution in [-0.2, 0) is 4.74 Å². The fourth-order valence-corrected chi connectivity index (χ4v) is 2.53. The molecular formula is C12H22N2O2. The molecule has 0 unspecified atom stereocenters. The average molecular weight is 226 g/mol. The van der Waals surface area contributed by atoms with Crippen molar-refractivity contribution in [2.75, 3.05) is 26.2 Å². The first kappa shape index (κ1) is 11.7. The maximum Gasteiger partial charge on any atom is 0.410 e. The van der Waals surface area contributed by atoms with Crippen LogP contribution in [0.1, 0.15) is 33.6 Å². The van der Waals surface area contributed by atoms with Crippen molar-refractivity contribution in [1.82, 2.24) is 10.2 Å². The molecule has 0 aliphatic carbocycles. The fourth-order valence-electron chi connectivity index (χ4n) is 2.53. The molecule has 4 nitrogen and oxygen atoms in total. The van der Waals surface area contributed by atoms with E-state index in [0.717, 1.165) is 39.0 Å². The average Bonchev–Trinajstić information content (AvgIpc) is 2.41. The lowest BCUT2D eigenvalue weighted by molar-refractivity contribution is 0.0316. The standard InChI is InChI=1S/C12H22N2O2/c1-11(2,3)8-14-9-12(16-10(14)15)4-6-13-7-5-12/h13H,4-9H2,1-3H3. The van der Waals surface area contributed by atoms with Crippen LogP contribution in [-0.4, -0.2) is 42.8 Å². The summed E-state index contributed by atoms with van der Waals surface area (Å²) in [6.07, 6.45) is 1.76. The van der Waals surface area contributed by atoms with Crippen molar-refractivity contribution in [3.63, 3.8) is 0 Å². The lowest BCUT2D eigenvalue weighted by Crippen LogP contribution is -2.45. The third-order valence-electron chi connectivity index (χ3n) is 3.22. The Kier molecular flexibility index (Phi) is 2.86. The van der Waals surface area contributed by atoms with Crippen LogP contribution in [0, 0.1) is 5.41 Å². The number of nitrogens with one attached hydrogen (secondary N) is 1. The van der Waals surface area contributed by atoms with Crippen LogP contribution in [0.15, 0.2) is 0 Å². The first-order chi connectivity index (χ1) is 7.40. The molecular weight excluding hydrogens is 204 g/mol. The zero-order valence-electron chi connectivity index (χ0n) is 10.5. The molecule has 0 aromatic carbocycles. The second-order valence-corrected chi connectivity index (χ2v) is 6.22. The minimum absolute atomic E-state index is 0.128. The quantitative estimate of drug-likeness (QED) is 0.738. The van der Waals surface area contributed by atoms with Crippen LogP contribution in [0.4, 0.5) is 4.79 Å². The van der Waals surface area contributed by atoms with E-state index in [0.29, 0.717) is 0 Å². The third kappa shape index (κ3) is 2.48. The molecule has 0 aromatic heterocycles. The predicted molar refractivity (Wildman–Crippen MR) is 62.3 cm³/mol. The van der Waals surface area contributed by atoms with E-state index in [1.54, 1.807) is 0 Å². The second kappa shape index (κ2) is 3.91. The van der Waals surface area contributed by atoms with Crippen LogP contribution in [0.25, 0.3) is 0 Å². The molecule has 0 aromatic rings. The van der Waals surface area contributed by atoms with Crippen molar-refractivity contribution in [3.8, 4) is 0 Å². The Morgan fingerprint density at radius 2 is 2.00 bits per heavy atom. The number of amides is 1. The molecule has 0 radical (unpaired) electrons. The van der Waals surface area contributed by atoms with Gasteiger partial charge in [-0.3, -0.25) is 0 Å². The lowest BCUT2D eigenvalue weighted by Gasteiger charge is -2.31. The Morgan fingerprint density at radius 1 is 1.38 bits per heavy atom. The first-order valence-electron chi connectivity index (χ1n) is 6.09.